The fourth-order valence-electron chi connectivity index (χ4n) is 0.963. The molecule has 0 aliphatic rings. The van der Waals surface area contributed by atoms with Gasteiger partial charge >= 0.3 is 5.97 Å². The van der Waals surface area contributed by atoms with Gasteiger partial charge in [0.1, 0.15) is 0 Å². The summed E-state index contributed by atoms with van der Waals surface area (Å²) in [6.07, 6.45) is 0. The molecule has 0 atom stereocenters. The number of aromatic carboxylic acids is 1. The summed E-state index contributed by atoms with van der Waals surface area (Å²) in [5, 5.41) is 14.4. The van der Waals surface area contributed by atoms with Gasteiger partial charge in [0, 0.05) is 11.9 Å². The van der Waals surface area contributed by atoms with Crippen LogP contribution < -0.4 is 5.32 Å². The van der Waals surface area contributed by atoms with E-state index in [-0.39, 0.29) is 0 Å². The van der Waals surface area contributed by atoms with Gasteiger partial charge in [-0.2, -0.15) is 0 Å². The van der Waals surface area contributed by atoms with Crippen molar-refractivity contribution in [2.75, 3.05) is 11.9 Å². The van der Waals surface area contributed by atoms with Crippen LogP contribution in [0.15, 0.2) is 5.38 Å². The minimum Gasteiger partial charge on any atom is -0.478 e. The smallest absolute Gasteiger partial charge is 0.336 e. The number of hydrogen-bond donors (Lipinski definition) is 2. The third kappa shape index (κ3) is 1.58. The van der Waals surface area contributed by atoms with E-state index in [0.29, 0.717) is 5.56 Å². The van der Waals surface area contributed by atoms with Gasteiger partial charge in [0.25, 0.3) is 0 Å². The Labute approximate surface area is 75.0 Å². The lowest BCUT2D eigenvalue weighted by molar-refractivity contribution is 0.0697. The van der Waals surface area contributed by atoms with Crippen molar-refractivity contribution in [3.8, 4) is 0 Å². The van der Waals surface area contributed by atoms with Crippen LogP contribution in [-0.2, 0) is 0 Å². The molecule has 0 aliphatic heterocycles. The zero-order valence-corrected chi connectivity index (χ0v) is 7.86. The summed E-state index contributed by atoms with van der Waals surface area (Å²) in [7, 11) is 0. The normalized spacial score (nSPS) is 9.83. The minimum absolute atomic E-state index is 0.399. The van der Waals surface area contributed by atoms with Gasteiger partial charge in [-0.1, -0.05) is 0 Å². The van der Waals surface area contributed by atoms with Gasteiger partial charge in [0.2, 0.25) is 0 Å². The van der Waals surface area contributed by atoms with Gasteiger partial charge < -0.3 is 10.4 Å². The molecule has 66 valence electrons. The highest BCUT2D eigenvalue weighted by molar-refractivity contribution is 7.14. The monoisotopic (exact) mass is 185 g/mol. The average molecular weight is 185 g/mol. The Morgan fingerprint density at radius 1 is 1.75 bits per heavy atom. The van der Waals surface area contributed by atoms with Crippen LogP contribution in [-0.4, -0.2) is 17.6 Å². The first-order valence-corrected chi connectivity index (χ1v) is 4.60. The lowest BCUT2D eigenvalue weighted by atomic mass is 10.2. The Morgan fingerprint density at radius 3 is 2.83 bits per heavy atom. The first kappa shape index (κ1) is 9.06. The minimum atomic E-state index is -0.854. The maximum absolute atomic E-state index is 10.6. The van der Waals surface area contributed by atoms with Gasteiger partial charge in [0.15, 0.2) is 0 Å². The van der Waals surface area contributed by atoms with Crippen molar-refractivity contribution in [3.05, 3.63) is 16.5 Å². The maximum Gasteiger partial charge on any atom is 0.336 e. The summed E-state index contributed by atoms with van der Waals surface area (Å²) < 4.78 is 0. The molecule has 1 rings (SSSR count). The first-order valence-electron chi connectivity index (χ1n) is 3.72. The van der Waals surface area contributed by atoms with Crippen LogP contribution in [0.4, 0.5) is 5.00 Å². The fourth-order valence-corrected chi connectivity index (χ4v) is 1.99. The van der Waals surface area contributed by atoms with Gasteiger partial charge in [-0.3, -0.25) is 0 Å². The third-order valence-electron chi connectivity index (χ3n) is 1.61. The van der Waals surface area contributed by atoms with Crippen LogP contribution >= 0.6 is 11.3 Å². The Kier molecular flexibility index (Phi) is 2.70. The van der Waals surface area contributed by atoms with E-state index in [9.17, 15) is 4.79 Å². The van der Waals surface area contributed by atoms with E-state index in [1.165, 1.54) is 11.3 Å². The van der Waals surface area contributed by atoms with Crippen molar-refractivity contribution in [1.82, 2.24) is 0 Å². The van der Waals surface area contributed by atoms with Crippen molar-refractivity contribution >= 4 is 22.3 Å². The Bertz CT molecular complexity index is 293. The molecule has 0 amide bonds. The van der Waals surface area contributed by atoms with Crippen molar-refractivity contribution in [1.29, 1.82) is 0 Å². The van der Waals surface area contributed by atoms with Gasteiger partial charge in [0.05, 0.1) is 10.6 Å². The predicted octanol–water partition coefficient (Wildman–Crippen LogP) is 2.19. The van der Waals surface area contributed by atoms with Gasteiger partial charge in [-0.15, -0.1) is 11.3 Å². The number of carboxylic acids is 1. The number of anilines is 1. The largest absolute Gasteiger partial charge is 0.478 e. The van der Waals surface area contributed by atoms with E-state index in [2.05, 4.69) is 5.32 Å². The second-order valence-corrected chi connectivity index (χ2v) is 3.32. The van der Waals surface area contributed by atoms with Gasteiger partial charge in [-0.25, -0.2) is 4.79 Å². The van der Waals surface area contributed by atoms with E-state index in [1.54, 1.807) is 5.38 Å². The summed E-state index contributed by atoms with van der Waals surface area (Å²) in [6, 6.07) is 0. The summed E-state index contributed by atoms with van der Waals surface area (Å²) in [4.78, 5) is 10.6. The predicted molar refractivity (Wildman–Crippen MR) is 50.2 cm³/mol. The van der Waals surface area contributed by atoms with Crippen molar-refractivity contribution in [2.24, 2.45) is 0 Å². The molecule has 4 heteroatoms. The maximum atomic E-state index is 10.6. The fraction of sp³-hybridized carbons (Fsp3) is 0.375. The molecule has 2 N–H and O–H groups in total. The standard InChI is InChI=1S/C8H11NO2S/c1-3-9-7-5(2)6(4-12-7)8(10)11/h4,9H,3H2,1-2H3,(H,10,11). The number of rotatable bonds is 3. The van der Waals surface area contributed by atoms with E-state index >= 15 is 0 Å². The molecule has 12 heavy (non-hydrogen) atoms. The molecule has 0 bridgehead atoms. The molecule has 0 aromatic carbocycles. The van der Waals surface area contributed by atoms with E-state index in [0.717, 1.165) is 17.1 Å². The summed E-state index contributed by atoms with van der Waals surface area (Å²) in [5.74, 6) is -0.854. The van der Waals surface area contributed by atoms with Crippen LogP contribution in [0.2, 0.25) is 0 Å². The third-order valence-corrected chi connectivity index (χ3v) is 2.65. The molecule has 0 radical (unpaired) electrons. The van der Waals surface area contributed by atoms with E-state index in [4.69, 9.17) is 5.11 Å². The van der Waals surface area contributed by atoms with Crippen molar-refractivity contribution < 1.29 is 9.90 Å². The quantitative estimate of drug-likeness (QED) is 0.758. The molecule has 0 saturated carbocycles. The lowest BCUT2D eigenvalue weighted by Gasteiger charge is -1.99. The molecular weight excluding hydrogens is 174 g/mol. The highest BCUT2D eigenvalue weighted by Gasteiger charge is 2.11. The van der Waals surface area contributed by atoms with Crippen LogP contribution in [0.1, 0.15) is 22.8 Å². The molecule has 0 saturated heterocycles. The first-order chi connectivity index (χ1) is 5.66. The van der Waals surface area contributed by atoms with Gasteiger partial charge in [-0.05, 0) is 19.4 Å². The number of thiophene rings is 1. The van der Waals surface area contributed by atoms with Crippen molar-refractivity contribution in [3.63, 3.8) is 0 Å². The van der Waals surface area contributed by atoms with E-state index in [1.807, 2.05) is 13.8 Å². The zero-order valence-electron chi connectivity index (χ0n) is 7.05. The molecule has 0 aliphatic carbocycles. The topological polar surface area (TPSA) is 49.3 Å². The highest BCUT2D eigenvalue weighted by Crippen LogP contribution is 2.26. The second kappa shape index (κ2) is 3.58. The lowest BCUT2D eigenvalue weighted by Crippen LogP contribution is -1.99. The molecule has 1 heterocycles. The summed E-state index contributed by atoms with van der Waals surface area (Å²) >= 11 is 1.44. The Balaban J connectivity index is 2.96. The SMILES string of the molecule is CCNc1scc(C(=O)O)c1C. The molecule has 1 aromatic rings. The number of carbonyl (C=O) groups is 1. The molecule has 0 spiro atoms. The molecular formula is C8H11NO2S. The zero-order chi connectivity index (χ0) is 9.14. The highest BCUT2D eigenvalue weighted by atomic mass is 32.1. The Hall–Kier alpha value is -1.03. The summed E-state index contributed by atoms with van der Waals surface area (Å²) in [5.41, 5.74) is 1.23. The molecule has 3 nitrogen and oxygen atoms in total. The van der Waals surface area contributed by atoms with Crippen LogP contribution in [0, 0.1) is 6.92 Å². The second-order valence-electron chi connectivity index (χ2n) is 2.44. The number of carboxylic acid groups (broad SMARTS) is 1. The van der Waals surface area contributed by atoms with Crippen LogP contribution in [0.5, 0.6) is 0 Å². The number of nitrogens with one attached hydrogen (secondary N) is 1. The summed E-state index contributed by atoms with van der Waals surface area (Å²) in [6.45, 7) is 4.62. The van der Waals surface area contributed by atoms with Crippen molar-refractivity contribution in [2.45, 2.75) is 13.8 Å². The van der Waals surface area contributed by atoms with E-state index < -0.39 is 5.97 Å². The Morgan fingerprint density at radius 2 is 2.42 bits per heavy atom. The van der Waals surface area contributed by atoms with Crippen LogP contribution in [0.25, 0.3) is 0 Å². The molecule has 1 aromatic heterocycles. The van der Waals surface area contributed by atoms with Crippen LogP contribution in [0.3, 0.4) is 0 Å². The number of hydrogen-bond acceptors (Lipinski definition) is 3. The average Bonchev–Trinajstić information content (AvgIpc) is 2.34. The molecule has 0 unspecified atom stereocenters. The molecule has 0 fully saturated rings.